The normalized spacial score (nSPS) is 26.5. The van der Waals surface area contributed by atoms with Gasteiger partial charge in [-0.1, -0.05) is 13.8 Å². The lowest BCUT2D eigenvalue weighted by molar-refractivity contribution is 0.0382. The van der Waals surface area contributed by atoms with E-state index in [9.17, 15) is 9.90 Å². The Morgan fingerprint density at radius 3 is 2.87 bits per heavy atom. The standard InChI is InChI=1S/C11H22N2O2/c1-3-6-12-11(15)13-7-5-10(14)9(4-2)8-13/h9-10,14H,3-8H2,1-2H3,(H,12,15). The Bertz CT molecular complexity index is 209. The molecule has 0 spiro atoms. The van der Waals surface area contributed by atoms with Crippen LogP contribution in [-0.4, -0.2) is 41.8 Å². The highest BCUT2D eigenvalue weighted by atomic mass is 16.3. The summed E-state index contributed by atoms with van der Waals surface area (Å²) >= 11 is 0. The molecule has 1 fully saturated rings. The van der Waals surface area contributed by atoms with Gasteiger partial charge in [0.15, 0.2) is 0 Å². The molecule has 2 N–H and O–H groups in total. The number of hydrogen-bond donors (Lipinski definition) is 2. The fourth-order valence-corrected chi connectivity index (χ4v) is 1.95. The Kier molecular flexibility index (Phi) is 4.88. The van der Waals surface area contributed by atoms with Crippen molar-refractivity contribution in [2.45, 2.75) is 39.2 Å². The lowest BCUT2D eigenvalue weighted by atomic mass is 9.93. The monoisotopic (exact) mass is 214 g/mol. The minimum atomic E-state index is -0.231. The van der Waals surface area contributed by atoms with Crippen LogP contribution in [-0.2, 0) is 0 Å². The van der Waals surface area contributed by atoms with Crippen molar-refractivity contribution >= 4 is 6.03 Å². The molecule has 0 radical (unpaired) electrons. The average molecular weight is 214 g/mol. The highest BCUT2D eigenvalue weighted by Crippen LogP contribution is 2.19. The van der Waals surface area contributed by atoms with E-state index in [1.165, 1.54) is 0 Å². The fraction of sp³-hybridized carbons (Fsp3) is 0.909. The van der Waals surface area contributed by atoms with E-state index in [1.54, 1.807) is 0 Å². The van der Waals surface area contributed by atoms with Crippen LogP contribution < -0.4 is 5.32 Å². The summed E-state index contributed by atoms with van der Waals surface area (Å²) in [6.07, 6.45) is 2.36. The molecule has 4 nitrogen and oxygen atoms in total. The first-order valence-corrected chi connectivity index (χ1v) is 5.89. The average Bonchev–Trinajstić information content (AvgIpc) is 2.26. The first-order chi connectivity index (χ1) is 7.19. The van der Waals surface area contributed by atoms with Gasteiger partial charge in [-0.15, -0.1) is 0 Å². The van der Waals surface area contributed by atoms with Crippen molar-refractivity contribution in [3.8, 4) is 0 Å². The molecule has 0 aromatic rings. The minimum Gasteiger partial charge on any atom is -0.393 e. The SMILES string of the molecule is CCCNC(=O)N1CCC(O)C(CC)C1. The van der Waals surface area contributed by atoms with Crippen LogP contribution in [0.15, 0.2) is 0 Å². The molecular formula is C11H22N2O2. The second-order valence-electron chi connectivity index (χ2n) is 4.20. The van der Waals surface area contributed by atoms with Crippen LogP contribution >= 0.6 is 0 Å². The molecule has 0 aromatic carbocycles. The van der Waals surface area contributed by atoms with Gasteiger partial charge in [0, 0.05) is 25.6 Å². The van der Waals surface area contributed by atoms with Crippen molar-refractivity contribution < 1.29 is 9.90 Å². The summed E-state index contributed by atoms with van der Waals surface area (Å²) in [5.74, 6) is 0.242. The lowest BCUT2D eigenvalue weighted by Crippen LogP contribution is -2.49. The maximum Gasteiger partial charge on any atom is 0.317 e. The molecule has 1 heterocycles. The van der Waals surface area contributed by atoms with Gasteiger partial charge in [0.1, 0.15) is 0 Å². The lowest BCUT2D eigenvalue weighted by Gasteiger charge is -2.35. The second kappa shape index (κ2) is 5.95. The van der Waals surface area contributed by atoms with Crippen molar-refractivity contribution in [1.29, 1.82) is 0 Å². The number of aliphatic hydroxyl groups excluding tert-OH is 1. The molecule has 2 unspecified atom stereocenters. The highest BCUT2D eigenvalue weighted by molar-refractivity contribution is 5.74. The quantitative estimate of drug-likeness (QED) is 0.741. The highest BCUT2D eigenvalue weighted by Gasteiger charge is 2.28. The molecule has 1 saturated heterocycles. The van der Waals surface area contributed by atoms with Crippen molar-refractivity contribution in [1.82, 2.24) is 10.2 Å². The smallest absolute Gasteiger partial charge is 0.317 e. The summed E-state index contributed by atoms with van der Waals surface area (Å²) in [5, 5.41) is 12.6. The van der Waals surface area contributed by atoms with Gasteiger partial charge in [-0.2, -0.15) is 0 Å². The number of nitrogens with zero attached hydrogens (tertiary/aromatic N) is 1. The van der Waals surface area contributed by atoms with Crippen LogP contribution in [0.2, 0.25) is 0 Å². The number of likely N-dealkylation sites (tertiary alicyclic amines) is 1. The number of nitrogens with one attached hydrogen (secondary N) is 1. The molecule has 0 aliphatic carbocycles. The van der Waals surface area contributed by atoms with Crippen molar-refractivity contribution in [3.05, 3.63) is 0 Å². The molecule has 2 amide bonds. The predicted molar refractivity (Wildman–Crippen MR) is 59.7 cm³/mol. The number of carbonyl (C=O) groups excluding carboxylic acids is 1. The van der Waals surface area contributed by atoms with Crippen LogP contribution in [0.3, 0.4) is 0 Å². The van der Waals surface area contributed by atoms with E-state index in [-0.39, 0.29) is 18.1 Å². The molecule has 1 rings (SSSR count). The van der Waals surface area contributed by atoms with E-state index < -0.39 is 0 Å². The molecule has 2 atom stereocenters. The van der Waals surface area contributed by atoms with Crippen molar-refractivity contribution in [3.63, 3.8) is 0 Å². The van der Waals surface area contributed by atoms with Crippen LogP contribution in [0, 0.1) is 5.92 Å². The predicted octanol–water partition coefficient (Wildman–Crippen LogP) is 1.20. The number of carbonyl (C=O) groups is 1. The van der Waals surface area contributed by atoms with E-state index in [1.807, 2.05) is 11.8 Å². The van der Waals surface area contributed by atoms with E-state index in [0.29, 0.717) is 19.5 Å². The molecule has 4 heteroatoms. The maximum atomic E-state index is 11.7. The van der Waals surface area contributed by atoms with E-state index in [4.69, 9.17) is 0 Å². The third-order valence-corrected chi connectivity index (χ3v) is 3.03. The Morgan fingerprint density at radius 2 is 2.27 bits per heavy atom. The zero-order chi connectivity index (χ0) is 11.3. The van der Waals surface area contributed by atoms with Crippen LogP contribution in [0.4, 0.5) is 4.79 Å². The molecular weight excluding hydrogens is 192 g/mol. The second-order valence-corrected chi connectivity index (χ2v) is 4.20. The van der Waals surface area contributed by atoms with Gasteiger partial charge in [0.25, 0.3) is 0 Å². The largest absolute Gasteiger partial charge is 0.393 e. The van der Waals surface area contributed by atoms with Crippen LogP contribution in [0.5, 0.6) is 0 Å². The number of rotatable bonds is 3. The van der Waals surface area contributed by atoms with Crippen molar-refractivity contribution in [2.75, 3.05) is 19.6 Å². The van der Waals surface area contributed by atoms with E-state index >= 15 is 0 Å². The third-order valence-electron chi connectivity index (χ3n) is 3.03. The van der Waals surface area contributed by atoms with Crippen LogP contribution in [0.1, 0.15) is 33.1 Å². The summed E-state index contributed by atoms with van der Waals surface area (Å²) in [7, 11) is 0. The Labute approximate surface area is 91.6 Å². The topological polar surface area (TPSA) is 52.6 Å². The molecule has 0 bridgehead atoms. The number of hydrogen-bond acceptors (Lipinski definition) is 2. The molecule has 1 aliphatic rings. The Hall–Kier alpha value is -0.770. The van der Waals surface area contributed by atoms with E-state index in [2.05, 4.69) is 12.2 Å². The zero-order valence-corrected chi connectivity index (χ0v) is 9.70. The van der Waals surface area contributed by atoms with Gasteiger partial charge in [0.05, 0.1) is 6.10 Å². The van der Waals surface area contributed by atoms with Gasteiger partial charge in [-0.05, 0) is 19.3 Å². The third kappa shape index (κ3) is 3.38. The Morgan fingerprint density at radius 1 is 1.53 bits per heavy atom. The Balaban J connectivity index is 2.40. The molecule has 88 valence electrons. The van der Waals surface area contributed by atoms with Crippen molar-refractivity contribution in [2.24, 2.45) is 5.92 Å². The van der Waals surface area contributed by atoms with Crippen LogP contribution in [0.25, 0.3) is 0 Å². The van der Waals surface area contributed by atoms with Gasteiger partial charge >= 0.3 is 6.03 Å². The molecule has 0 aromatic heterocycles. The van der Waals surface area contributed by atoms with Gasteiger partial charge in [-0.3, -0.25) is 0 Å². The van der Waals surface area contributed by atoms with Gasteiger partial charge < -0.3 is 15.3 Å². The summed E-state index contributed by atoms with van der Waals surface area (Å²) in [6, 6.07) is 0.0159. The fourth-order valence-electron chi connectivity index (χ4n) is 1.95. The van der Waals surface area contributed by atoms with Gasteiger partial charge in [-0.25, -0.2) is 4.79 Å². The molecule has 1 aliphatic heterocycles. The maximum absolute atomic E-state index is 11.7. The summed E-state index contributed by atoms with van der Waals surface area (Å²) in [5.41, 5.74) is 0. The number of urea groups is 1. The minimum absolute atomic E-state index is 0.0159. The summed E-state index contributed by atoms with van der Waals surface area (Å²) < 4.78 is 0. The zero-order valence-electron chi connectivity index (χ0n) is 9.70. The first kappa shape index (κ1) is 12.3. The molecule has 0 saturated carbocycles. The van der Waals surface area contributed by atoms with Gasteiger partial charge in [0.2, 0.25) is 0 Å². The number of aliphatic hydroxyl groups is 1. The summed E-state index contributed by atoms with van der Waals surface area (Å²) in [6.45, 7) is 6.19. The number of amides is 2. The van der Waals surface area contributed by atoms with E-state index in [0.717, 1.165) is 19.4 Å². The number of piperidine rings is 1. The summed E-state index contributed by atoms with van der Waals surface area (Å²) in [4.78, 5) is 13.5. The molecule has 15 heavy (non-hydrogen) atoms. The first-order valence-electron chi connectivity index (χ1n) is 5.89.